The molecule has 120 valence electrons. The molecule has 2 aliphatic rings. The molecule has 6 nitrogen and oxygen atoms in total. The highest BCUT2D eigenvalue weighted by Crippen LogP contribution is 2.41. The SMILES string of the molecule is [2H]c1c(OC)c([2H])c2c(c1N1CCN(C)CC1)OC([2H])(C(=O)O)C([2H])([2H])C2([2H])[2H]. The fourth-order valence-electron chi connectivity index (χ4n) is 2.37. The topological polar surface area (TPSA) is 62.2 Å². The van der Waals surface area contributed by atoms with Crippen LogP contribution in [-0.4, -0.2) is 62.4 Å². The molecule has 6 heteroatoms. The van der Waals surface area contributed by atoms with Gasteiger partial charge in [-0.1, -0.05) is 0 Å². The molecule has 0 amide bonds. The second kappa shape index (κ2) is 6.04. The molecule has 0 spiro atoms. The highest BCUT2D eigenvalue weighted by atomic mass is 16.5. The fourth-order valence-corrected chi connectivity index (χ4v) is 2.37. The number of carboxylic acid groups (broad SMARTS) is 1. The van der Waals surface area contributed by atoms with Gasteiger partial charge in [0.05, 0.1) is 16.9 Å². The van der Waals surface area contributed by atoms with Gasteiger partial charge >= 0.3 is 5.97 Å². The van der Waals surface area contributed by atoms with Gasteiger partial charge in [-0.15, -0.1) is 0 Å². The van der Waals surface area contributed by atoms with Crippen LogP contribution < -0.4 is 14.4 Å². The lowest BCUT2D eigenvalue weighted by Gasteiger charge is -2.36. The number of carboxylic acids is 1. The number of ether oxygens (including phenoxy) is 2. The number of hydrogen-bond donors (Lipinski definition) is 1. The Morgan fingerprint density at radius 1 is 1.50 bits per heavy atom. The normalized spacial score (nSPS) is 34.5. The quantitative estimate of drug-likeness (QED) is 0.905. The number of methoxy groups -OCH3 is 1. The summed E-state index contributed by atoms with van der Waals surface area (Å²) in [5.74, 6) is -2.74. The maximum Gasteiger partial charge on any atom is 0.344 e. The minimum Gasteiger partial charge on any atom is -0.497 e. The first kappa shape index (κ1) is 8.62. The van der Waals surface area contributed by atoms with Gasteiger partial charge in [0.1, 0.15) is 11.5 Å². The van der Waals surface area contributed by atoms with Crippen LogP contribution in [0.2, 0.25) is 0 Å². The maximum absolute atomic E-state index is 11.8. The van der Waals surface area contributed by atoms with Crippen LogP contribution in [0.3, 0.4) is 0 Å². The molecule has 1 aromatic rings. The van der Waals surface area contributed by atoms with E-state index in [-0.39, 0.29) is 17.5 Å². The smallest absolute Gasteiger partial charge is 0.344 e. The molecule has 22 heavy (non-hydrogen) atoms. The Bertz CT molecular complexity index is 858. The van der Waals surface area contributed by atoms with Crippen molar-refractivity contribution in [3.8, 4) is 11.5 Å². The molecule has 3 rings (SSSR count). The first-order valence-electron chi connectivity index (χ1n) is 10.4. The number of fused-ring (bicyclic) bond motifs is 1. The summed E-state index contributed by atoms with van der Waals surface area (Å²) < 4.78 is 68.2. The molecule has 2 heterocycles. The summed E-state index contributed by atoms with van der Waals surface area (Å²) in [6.45, 7) is 2.04. The van der Waals surface area contributed by atoms with E-state index in [2.05, 4.69) is 0 Å². The number of benzene rings is 1. The van der Waals surface area contributed by atoms with Crippen molar-refractivity contribution >= 4 is 11.7 Å². The molecule has 1 unspecified atom stereocenters. The third-order valence-corrected chi connectivity index (χ3v) is 3.64. The second-order valence-corrected chi connectivity index (χ2v) is 5.11. The molecular formula is C16H22N2O4. The highest BCUT2D eigenvalue weighted by Gasteiger charge is 2.30. The van der Waals surface area contributed by atoms with E-state index in [1.807, 2.05) is 11.9 Å². The van der Waals surface area contributed by atoms with Crippen molar-refractivity contribution in [2.45, 2.75) is 18.8 Å². The van der Waals surface area contributed by atoms with E-state index in [9.17, 15) is 9.90 Å². The molecule has 1 N–H and O–H groups in total. The van der Waals surface area contributed by atoms with Crippen molar-refractivity contribution in [1.29, 1.82) is 0 Å². The number of rotatable bonds is 3. The molecule has 1 saturated heterocycles. The molecule has 1 fully saturated rings. The van der Waals surface area contributed by atoms with Crippen LogP contribution in [0.15, 0.2) is 12.1 Å². The predicted molar refractivity (Wildman–Crippen MR) is 83.1 cm³/mol. The largest absolute Gasteiger partial charge is 0.497 e. The van der Waals surface area contributed by atoms with Crippen LogP contribution in [0.5, 0.6) is 11.5 Å². The molecule has 2 aliphatic heterocycles. The Morgan fingerprint density at radius 3 is 2.86 bits per heavy atom. The van der Waals surface area contributed by atoms with Crippen LogP contribution in [0.1, 0.15) is 21.5 Å². The number of anilines is 1. The van der Waals surface area contributed by atoms with E-state index >= 15 is 0 Å². The molecule has 0 radical (unpaired) electrons. The van der Waals surface area contributed by atoms with E-state index in [4.69, 9.17) is 19.1 Å². The van der Waals surface area contributed by atoms with Gasteiger partial charge in [0.15, 0.2) is 6.08 Å². The monoisotopic (exact) mass is 313 g/mol. The van der Waals surface area contributed by atoms with E-state index in [1.165, 1.54) is 7.11 Å². The molecule has 0 saturated carbocycles. The van der Waals surface area contributed by atoms with Crippen LogP contribution in [-0.2, 0) is 11.2 Å². The van der Waals surface area contributed by atoms with Gasteiger partial charge in [0.2, 0.25) is 0 Å². The van der Waals surface area contributed by atoms with Gasteiger partial charge in [0.25, 0.3) is 0 Å². The lowest BCUT2D eigenvalue weighted by Crippen LogP contribution is -2.45. The Labute approximate surface area is 140 Å². The van der Waals surface area contributed by atoms with Gasteiger partial charge < -0.3 is 24.4 Å². The Hall–Kier alpha value is -1.95. The molecule has 0 aromatic heterocycles. The van der Waals surface area contributed by atoms with E-state index in [1.54, 1.807) is 4.90 Å². The second-order valence-electron chi connectivity index (χ2n) is 5.11. The standard InChI is InChI=1S/C16H22N2O4/c1-17-5-7-18(8-6-17)13-10-12(21-2)9-11-3-4-14(16(19)20)22-15(11)13/h9-10,14H,3-8H2,1-2H3,(H,19,20)/i3D2,4D2,9D,10D,14D. The number of piperazine rings is 1. The first-order valence-corrected chi connectivity index (χ1v) is 6.88. The number of likely N-dealkylation sites (N-methyl/N-ethyl adjacent to an activating group) is 1. The van der Waals surface area contributed by atoms with Crippen molar-refractivity contribution in [3.63, 3.8) is 0 Å². The highest BCUT2D eigenvalue weighted by molar-refractivity contribution is 5.75. The van der Waals surface area contributed by atoms with E-state index < -0.39 is 42.2 Å². The summed E-state index contributed by atoms with van der Waals surface area (Å²) in [6.07, 6.45) is -9.71. The molecule has 1 aromatic carbocycles. The molecule has 0 bridgehead atoms. The summed E-state index contributed by atoms with van der Waals surface area (Å²) in [5.41, 5.74) is -0.563. The van der Waals surface area contributed by atoms with Crippen LogP contribution in [0, 0.1) is 0 Å². The summed E-state index contributed by atoms with van der Waals surface area (Å²) in [6, 6.07) is -0.904. The molecule has 1 atom stereocenters. The van der Waals surface area contributed by atoms with E-state index in [0.717, 1.165) is 0 Å². The lowest BCUT2D eigenvalue weighted by atomic mass is 10.00. The van der Waals surface area contributed by atoms with Crippen molar-refractivity contribution in [3.05, 3.63) is 17.6 Å². The Kier molecular flexibility index (Phi) is 2.37. The first-order chi connectivity index (χ1) is 13.3. The van der Waals surface area contributed by atoms with E-state index in [0.29, 0.717) is 26.2 Å². The van der Waals surface area contributed by atoms with Gasteiger partial charge in [-0.25, -0.2) is 4.79 Å². The van der Waals surface area contributed by atoms with Crippen molar-refractivity contribution in [2.75, 3.05) is 45.2 Å². The van der Waals surface area contributed by atoms with Crippen molar-refractivity contribution < 1.29 is 29.0 Å². The summed E-state index contributed by atoms with van der Waals surface area (Å²) in [4.78, 5) is 15.5. The number of nitrogens with zero attached hydrogens (tertiary/aromatic N) is 2. The third-order valence-electron chi connectivity index (χ3n) is 3.64. The van der Waals surface area contributed by atoms with Gasteiger partial charge in [0, 0.05) is 43.3 Å². The fraction of sp³-hybridized carbons (Fsp3) is 0.562. The Balaban J connectivity index is 2.36. The van der Waals surface area contributed by atoms with Crippen LogP contribution >= 0.6 is 0 Å². The Morgan fingerprint density at radius 2 is 2.23 bits per heavy atom. The minimum atomic E-state index is -3.33. The average molecular weight is 313 g/mol. The van der Waals surface area contributed by atoms with Crippen LogP contribution in [0.4, 0.5) is 5.69 Å². The zero-order chi connectivity index (χ0) is 21.9. The molecule has 0 aliphatic carbocycles. The minimum absolute atomic E-state index is 0.00167. The molecular weight excluding hydrogens is 284 g/mol. The zero-order valence-electron chi connectivity index (χ0n) is 19.4. The maximum atomic E-state index is 11.8. The predicted octanol–water partition coefficient (Wildman–Crippen LogP) is 1.23. The van der Waals surface area contributed by atoms with Gasteiger partial charge in [-0.3, -0.25) is 0 Å². The number of hydrogen-bond acceptors (Lipinski definition) is 5. The lowest BCUT2D eigenvalue weighted by molar-refractivity contribution is -0.145. The number of aliphatic carboxylic acids is 1. The van der Waals surface area contributed by atoms with Crippen molar-refractivity contribution in [1.82, 2.24) is 4.90 Å². The number of carbonyl (C=O) groups is 1. The van der Waals surface area contributed by atoms with Gasteiger partial charge in [-0.2, -0.15) is 0 Å². The van der Waals surface area contributed by atoms with Gasteiger partial charge in [-0.05, 0) is 25.8 Å². The third kappa shape index (κ3) is 2.83. The zero-order valence-corrected chi connectivity index (χ0v) is 12.4. The summed E-state index contributed by atoms with van der Waals surface area (Å²) in [7, 11) is 3.12. The average Bonchev–Trinajstić information content (AvgIpc) is 2.61. The van der Waals surface area contributed by atoms with Crippen molar-refractivity contribution in [2.24, 2.45) is 0 Å². The van der Waals surface area contributed by atoms with Crippen LogP contribution in [0.25, 0.3) is 0 Å². The summed E-state index contributed by atoms with van der Waals surface area (Å²) >= 11 is 0. The summed E-state index contributed by atoms with van der Waals surface area (Å²) in [5, 5.41) is 9.51.